The smallest absolute Gasteiger partial charge is 0.259 e. The van der Waals surface area contributed by atoms with Gasteiger partial charge < -0.3 is 9.26 Å². The van der Waals surface area contributed by atoms with Crippen molar-refractivity contribution >= 4 is 44.8 Å². The highest BCUT2D eigenvalue weighted by atomic mass is 35.5. The van der Waals surface area contributed by atoms with Crippen molar-refractivity contribution in [1.82, 2.24) is 14.4 Å². The molecule has 31 heavy (non-hydrogen) atoms. The maximum Gasteiger partial charge on any atom is 0.259 e. The summed E-state index contributed by atoms with van der Waals surface area (Å²) in [7, 11) is -2.27. The number of aromatic nitrogens is 2. The van der Waals surface area contributed by atoms with Crippen molar-refractivity contribution in [3.8, 4) is 28.6 Å². The largest absolute Gasteiger partial charge is 0.496 e. The molecule has 1 aliphatic heterocycles. The third-order valence-corrected chi connectivity index (χ3v) is 7.92. The molecule has 0 amide bonds. The molecule has 1 saturated heterocycles. The minimum Gasteiger partial charge on any atom is -0.496 e. The predicted octanol–water partition coefficient (Wildman–Crippen LogP) is 5.55. The fourth-order valence-electron chi connectivity index (χ4n) is 3.43. The molecule has 1 aliphatic rings. The van der Waals surface area contributed by atoms with Crippen LogP contribution in [-0.4, -0.2) is 43.1 Å². The molecule has 1 aromatic heterocycles. The van der Waals surface area contributed by atoms with E-state index in [1.165, 1.54) is 23.5 Å². The van der Waals surface area contributed by atoms with Crippen LogP contribution in [0.15, 0.2) is 39.8 Å². The molecule has 1 fully saturated rings. The first-order chi connectivity index (χ1) is 14.8. The Kier molecular flexibility index (Phi) is 6.46. The molecule has 0 bridgehead atoms. The average Bonchev–Trinajstić information content (AvgIpc) is 3.24. The van der Waals surface area contributed by atoms with Crippen LogP contribution in [0.5, 0.6) is 5.75 Å². The van der Waals surface area contributed by atoms with Crippen LogP contribution in [0.2, 0.25) is 15.1 Å². The van der Waals surface area contributed by atoms with Crippen molar-refractivity contribution in [3.05, 3.63) is 45.4 Å². The lowest BCUT2D eigenvalue weighted by atomic mass is 10.2. The molecule has 164 valence electrons. The summed E-state index contributed by atoms with van der Waals surface area (Å²) in [5.41, 5.74) is 0.789. The predicted molar refractivity (Wildman–Crippen MR) is 119 cm³/mol. The van der Waals surface area contributed by atoms with Crippen molar-refractivity contribution in [2.24, 2.45) is 0 Å². The SMILES string of the molecule is COc1ccc(Cl)cc1-c1noc(-c2cc(S(=O)(=O)N3CCCCC3)c(Cl)cc2Cl)n1. The summed E-state index contributed by atoms with van der Waals surface area (Å²) in [5, 5.41) is 4.68. The number of halogens is 3. The Morgan fingerprint density at radius 3 is 2.45 bits per heavy atom. The zero-order valence-corrected chi connectivity index (χ0v) is 19.5. The Labute approximate surface area is 194 Å². The Morgan fingerprint density at radius 1 is 1.00 bits per heavy atom. The molecule has 2 aromatic carbocycles. The number of methoxy groups -OCH3 is 1. The molecule has 7 nitrogen and oxygen atoms in total. The third-order valence-electron chi connectivity index (χ3n) is 5.01. The van der Waals surface area contributed by atoms with Gasteiger partial charge in [-0.15, -0.1) is 0 Å². The van der Waals surface area contributed by atoms with Gasteiger partial charge in [0.2, 0.25) is 15.8 Å². The van der Waals surface area contributed by atoms with Gasteiger partial charge in [-0.3, -0.25) is 0 Å². The number of benzene rings is 2. The Morgan fingerprint density at radius 2 is 1.74 bits per heavy atom. The summed E-state index contributed by atoms with van der Waals surface area (Å²) >= 11 is 18.7. The molecule has 0 atom stereocenters. The fourth-order valence-corrected chi connectivity index (χ4v) is 5.95. The zero-order valence-electron chi connectivity index (χ0n) is 16.4. The number of rotatable bonds is 5. The zero-order chi connectivity index (χ0) is 22.2. The van der Waals surface area contributed by atoms with Gasteiger partial charge in [-0.25, -0.2) is 8.42 Å². The molecule has 4 rings (SSSR count). The summed E-state index contributed by atoms with van der Waals surface area (Å²) < 4.78 is 38.5. The first kappa shape index (κ1) is 22.4. The minimum atomic E-state index is -3.79. The third kappa shape index (κ3) is 4.40. The average molecular weight is 503 g/mol. The Balaban J connectivity index is 1.77. The van der Waals surface area contributed by atoms with E-state index in [2.05, 4.69) is 10.1 Å². The molecule has 0 unspecified atom stereocenters. The standard InChI is InChI=1S/C20H18Cl3N3O4S/c1-29-17-6-5-12(21)9-14(17)19-24-20(30-25-19)13-10-18(16(23)11-15(13)22)31(27,28)26-7-3-2-4-8-26/h5-6,9-11H,2-4,7-8H2,1H3. The summed E-state index contributed by atoms with van der Waals surface area (Å²) in [6, 6.07) is 7.76. The molecular formula is C20H18Cl3N3O4S. The minimum absolute atomic E-state index is 0.0376. The summed E-state index contributed by atoms with van der Waals surface area (Å²) in [6.07, 6.45) is 2.63. The topological polar surface area (TPSA) is 85.5 Å². The second-order valence-corrected chi connectivity index (χ2v) is 10.2. The number of piperidine rings is 1. The van der Waals surface area contributed by atoms with E-state index >= 15 is 0 Å². The van der Waals surface area contributed by atoms with Gasteiger partial charge in [-0.2, -0.15) is 9.29 Å². The van der Waals surface area contributed by atoms with Crippen LogP contribution in [-0.2, 0) is 10.0 Å². The van der Waals surface area contributed by atoms with E-state index in [0.717, 1.165) is 19.3 Å². The van der Waals surface area contributed by atoms with E-state index in [9.17, 15) is 8.42 Å². The number of nitrogens with zero attached hydrogens (tertiary/aromatic N) is 3. The van der Waals surface area contributed by atoms with Gasteiger partial charge in [0.05, 0.1) is 28.3 Å². The first-order valence-corrected chi connectivity index (χ1v) is 12.1. The molecule has 0 saturated carbocycles. The van der Waals surface area contributed by atoms with E-state index in [0.29, 0.717) is 29.4 Å². The van der Waals surface area contributed by atoms with Gasteiger partial charge in [0.25, 0.3) is 5.89 Å². The van der Waals surface area contributed by atoms with E-state index in [1.54, 1.807) is 18.2 Å². The van der Waals surface area contributed by atoms with Crippen molar-refractivity contribution in [3.63, 3.8) is 0 Å². The first-order valence-electron chi connectivity index (χ1n) is 9.48. The number of ether oxygens (including phenoxy) is 1. The maximum atomic E-state index is 13.2. The van der Waals surface area contributed by atoms with Crippen LogP contribution in [0.25, 0.3) is 22.8 Å². The normalized spacial score (nSPS) is 15.2. The van der Waals surface area contributed by atoms with Crippen LogP contribution in [0, 0.1) is 0 Å². The lowest BCUT2D eigenvalue weighted by molar-refractivity contribution is 0.346. The number of hydrogen-bond donors (Lipinski definition) is 0. The van der Waals surface area contributed by atoms with Gasteiger partial charge in [-0.05, 0) is 43.2 Å². The molecule has 3 aromatic rings. The summed E-state index contributed by atoms with van der Waals surface area (Å²) in [4.78, 5) is 4.33. The van der Waals surface area contributed by atoms with Gasteiger partial charge >= 0.3 is 0 Å². The second-order valence-electron chi connectivity index (χ2n) is 6.99. The molecular weight excluding hydrogens is 485 g/mol. The summed E-state index contributed by atoms with van der Waals surface area (Å²) in [6.45, 7) is 0.909. The maximum absolute atomic E-state index is 13.2. The molecule has 0 radical (unpaired) electrons. The number of hydrogen-bond acceptors (Lipinski definition) is 6. The highest BCUT2D eigenvalue weighted by Gasteiger charge is 2.30. The van der Waals surface area contributed by atoms with Crippen molar-refractivity contribution in [1.29, 1.82) is 0 Å². The van der Waals surface area contributed by atoms with E-state index in [1.807, 2.05) is 0 Å². The van der Waals surface area contributed by atoms with E-state index < -0.39 is 10.0 Å². The molecule has 11 heteroatoms. The molecule has 2 heterocycles. The quantitative estimate of drug-likeness (QED) is 0.455. The van der Waals surface area contributed by atoms with Crippen molar-refractivity contribution < 1.29 is 17.7 Å². The highest BCUT2D eigenvalue weighted by Crippen LogP contribution is 2.38. The fraction of sp³-hybridized carbons (Fsp3) is 0.300. The van der Waals surface area contributed by atoms with Crippen molar-refractivity contribution in [2.75, 3.05) is 20.2 Å². The van der Waals surface area contributed by atoms with E-state index in [4.69, 9.17) is 44.1 Å². The van der Waals surface area contributed by atoms with Gasteiger partial charge in [0, 0.05) is 18.1 Å². The lowest BCUT2D eigenvalue weighted by Crippen LogP contribution is -2.35. The lowest BCUT2D eigenvalue weighted by Gasteiger charge is -2.26. The van der Waals surface area contributed by atoms with Gasteiger partial charge in [-0.1, -0.05) is 46.4 Å². The monoisotopic (exact) mass is 501 g/mol. The van der Waals surface area contributed by atoms with Crippen molar-refractivity contribution in [2.45, 2.75) is 24.2 Å². The number of sulfonamides is 1. The van der Waals surface area contributed by atoms with E-state index in [-0.39, 0.29) is 32.2 Å². The summed E-state index contributed by atoms with van der Waals surface area (Å²) in [5.74, 6) is 0.780. The van der Waals surface area contributed by atoms with Crippen LogP contribution in [0.3, 0.4) is 0 Å². The molecule has 0 aliphatic carbocycles. The molecule has 0 N–H and O–H groups in total. The second kappa shape index (κ2) is 8.96. The van der Waals surface area contributed by atoms with Crippen LogP contribution >= 0.6 is 34.8 Å². The molecule has 0 spiro atoms. The van der Waals surface area contributed by atoms with Crippen LogP contribution in [0.4, 0.5) is 0 Å². The van der Waals surface area contributed by atoms with Gasteiger partial charge in [0.15, 0.2) is 0 Å². The Hall–Kier alpha value is -1.84. The Bertz CT molecular complexity index is 1220. The van der Waals surface area contributed by atoms with Gasteiger partial charge in [0.1, 0.15) is 10.6 Å². The van der Waals surface area contributed by atoms with Crippen LogP contribution in [0.1, 0.15) is 19.3 Å². The van der Waals surface area contributed by atoms with Crippen LogP contribution < -0.4 is 4.74 Å². The highest BCUT2D eigenvalue weighted by molar-refractivity contribution is 7.89.